The number of aryl methyl sites for hydroxylation is 1. The highest BCUT2D eigenvalue weighted by molar-refractivity contribution is 5.69. The van der Waals surface area contributed by atoms with Crippen LogP contribution in [0.25, 0.3) is 11.2 Å². The lowest BCUT2D eigenvalue weighted by atomic mass is 9.92. The molecule has 0 bridgehead atoms. The Hall–Kier alpha value is -1.98. The molecular formula is C15H22N4O2. The van der Waals surface area contributed by atoms with Gasteiger partial charge in [0.15, 0.2) is 5.65 Å². The number of ether oxygens (including phenoxy) is 1. The summed E-state index contributed by atoms with van der Waals surface area (Å²) in [5.74, 6) is 0. The van der Waals surface area contributed by atoms with Gasteiger partial charge in [-0.25, -0.2) is 9.97 Å². The summed E-state index contributed by atoms with van der Waals surface area (Å²) in [5.41, 5.74) is 1.30. The lowest BCUT2D eigenvalue weighted by Gasteiger charge is -2.19. The monoisotopic (exact) mass is 290 g/mol. The van der Waals surface area contributed by atoms with E-state index < -0.39 is 0 Å². The second kappa shape index (κ2) is 5.79. The number of nitrogens with zero attached hydrogens (tertiary/aromatic N) is 4. The van der Waals surface area contributed by atoms with Crippen molar-refractivity contribution in [1.29, 1.82) is 0 Å². The molecule has 6 nitrogen and oxygen atoms in total. The Morgan fingerprint density at radius 3 is 2.57 bits per heavy atom. The standard InChI is InChI=1S/C15H22N4O2/c1-6-7-8-19-12-10(9-16-14(18-12)21-5)17-11(13(19)20)15(2,3)4/h9H,6-8H2,1-5H3. The van der Waals surface area contributed by atoms with Crippen LogP contribution in [0.1, 0.15) is 46.2 Å². The Balaban J connectivity index is 2.76. The summed E-state index contributed by atoms with van der Waals surface area (Å²) in [6, 6.07) is 0.248. The molecule has 114 valence electrons. The van der Waals surface area contributed by atoms with Crippen molar-refractivity contribution in [3.63, 3.8) is 0 Å². The first kappa shape index (κ1) is 15.4. The molecule has 2 heterocycles. The van der Waals surface area contributed by atoms with E-state index >= 15 is 0 Å². The molecule has 0 unspecified atom stereocenters. The van der Waals surface area contributed by atoms with Crippen LogP contribution in [0.15, 0.2) is 11.0 Å². The average molecular weight is 290 g/mol. The van der Waals surface area contributed by atoms with Gasteiger partial charge < -0.3 is 4.74 Å². The van der Waals surface area contributed by atoms with E-state index in [-0.39, 0.29) is 17.0 Å². The van der Waals surface area contributed by atoms with Crippen molar-refractivity contribution >= 4 is 11.2 Å². The molecule has 0 N–H and O–H groups in total. The molecule has 0 radical (unpaired) electrons. The third kappa shape index (κ3) is 3.04. The van der Waals surface area contributed by atoms with E-state index in [0.29, 0.717) is 23.4 Å². The molecule has 0 fully saturated rings. The van der Waals surface area contributed by atoms with Gasteiger partial charge in [0, 0.05) is 12.0 Å². The first-order valence-electron chi connectivity index (χ1n) is 7.20. The van der Waals surface area contributed by atoms with Crippen LogP contribution in [0, 0.1) is 0 Å². The van der Waals surface area contributed by atoms with Crippen LogP contribution in [0.5, 0.6) is 6.01 Å². The molecule has 0 spiro atoms. The number of hydrogen-bond acceptors (Lipinski definition) is 5. The largest absolute Gasteiger partial charge is 0.467 e. The van der Waals surface area contributed by atoms with Crippen LogP contribution in [-0.4, -0.2) is 26.6 Å². The Labute approximate surface area is 124 Å². The van der Waals surface area contributed by atoms with Crippen molar-refractivity contribution in [2.45, 2.75) is 52.5 Å². The van der Waals surface area contributed by atoms with E-state index in [2.05, 4.69) is 21.9 Å². The topological polar surface area (TPSA) is 69.9 Å². The molecule has 0 aliphatic rings. The maximum absolute atomic E-state index is 12.7. The molecule has 0 atom stereocenters. The molecule has 0 saturated carbocycles. The van der Waals surface area contributed by atoms with Crippen molar-refractivity contribution in [3.05, 3.63) is 22.2 Å². The van der Waals surface area contributed by atoms with Gasteiger partial charge in [0.05, 0.1) is 13.3 Å². The van der Waals surface area contributed by atoms with Gasteiger partial charge in [0.1, 0.15) is 11.2 Å². The zero-order chi connectivity index (χ0) is 15.6. The van der Waals surface area contributed by atoms with Crippen LogP contribution < -0.4 is 10.3 Å². The Morgan fingerprint density at radius 2 is 2.00 bits per heavy atom. The summed E-state index contributed by atoms with van der Waals surface area (Å²) in [5, 5.41) is 0. The number of unbranched alkanes of at least 4 members (excludes halogenated alkanes) is 1. The highest BCUT2D eigenvalue weighted by atomic mass is 16.5. The van der Waals surface area contributed by atoms with Gasteiger partial charge >= 0.3 is 6.01 Å². The second-order valence-electron chi connectivity index (χ2n) is 6.09. The molecular weight excluding hydrogens is 268 g/mol. The molecule has 2 aromatic heterocycles. The molecule has 6 heteroatoms. The third-order valence-electron chi connectivity index (χ3n) is 3.29. The van der Waals surface area contributed by atoms with E-state index in [1.165, 1.54) is 7.11 Å². The van der Waals surface area contributed by atoms with E-state index in [1.54, 1.807) is 10.8 Å². The van der Waals surface area contributed by atoms with Gasteiger partial charge in [-0.2, -0.15) is 4.98 Å². The summed E-state index contributed by atoms with van der Waals surface area (Å²) in [7, 11) is 1.51. The van der Waals surface area contributed by atoms with Gasteiger partial charge in [-0.05, 0) is 6.42 Å². The van der Waals surface area contributed by atoms with Crippen molar-refractivity contribution in [2.75, 3.05) is 7.11 Å². The number of methoxy groups -OCH3 is 1. The SMILES string of the molecule is CCCCn1c(=O)c(C(C)(C)C)nc2cnc(OC)nc21. The molecule has 21 heavy (non-hydrogen) atoms. The molecule has 0 aliphatic carbocycles. The third-order valence-corrected chi connectivity index (χ3v) is 3.29. The molecule has 2 aromatic rings. The Kier molecular flexibility index (Phi) is 4.25. The normalized spacial score (nSPS) is 11.9. The molecule has 2 rings (SSSR count). The van der Waals surface area contributed by atoms with Crippen LogP contribution in [0.2, 0.25) is 0 Å². The maximum atomic E-state index is 12.7. The fourth-order valence-corrected chi connectivity index (χ4v) is 2.13. The number of rotatable bonds is 4. The molecule has 0 amide bonds. The van der Waals surface area contributed by atoms with Crippen molar-refractivity contribution in [2.24, 2.45) is 0 Å². The summed E-state index contributed by atoms with van der Waals surface area (Å²) < 4.78 is 6.74. The van der Waals surface area contributed by atoms with Crippen LogP contribution in [0.4, 0.5) is 0 Å². The molecule has 0 saturated heterocycles. The lowest BCUT2D eigenvalue weighted by molar-refractivity contribution is 0.380. The fourth-order valence-electron chi connectivity index (χ4n) is 2.13. The van der Waals surface area contributed by atoms with Gasteiger partial charge in [-0.1, -0.05) is 34.1 Å². The van der Waals surface area contributed by atoms with E-state index in [0.717, 1.165) is 12.8 Å². The Morgan fingerprint density at radius 1 is 1.29 bits per heavy atom. The zero-order valence-electron chi connectivity index (χ0n) is 13.3. The highest BCUT2D eigenvalue weighted by Gasteiger charge is 2.23. The minimum Gasteiger partial charge on any atom is -0.467 e. The second-order valence-corrected chi connectivity index (χ2v) is 6.09. The number of fused-ring (bicyclic) bond motifs is 1. The number of aromatic nitrogens is 4. The van der Waals surface area contributed by atoms with Crippen LogP contribution in [-0.2, 0) is 12.0 Å². The lowest BCUT2D eigenvalue weighted by Crippen LogP contribution is -2.33. The Bertz CT molecular complexity index is 701. The minimum absolute atomic E-state index is 0.0794. The van der Waals surface area contributed by atoms with E-state index in [1.807, 2.05) is 20.8 Å². The molecule has 0 aromatic carbocycles. The highest BCUT2D eigenvalue weighted by Crippen LogP contribution is 2.20. The summed E-state index contributed by atoms with van der Waals surface area (Å²) in [6.45, 7) is 8.66. The van der Waals surface area contributed by atoms with Gasteiger partial charge in [-0.3, -0.25) is 9.36 Å². The van der Waals surface area contributed by atoms with Gasteiger partial charge in [-0.15, -0.1) is 0 Å². The van der Waals surface area contributed by atoms with Crippen molar-refractivity contribution in [3.8, 4) is 6.01 Å². The van der Waals surface area contributed by atoms with Gasteiger partial charge in [0.25, 0.3) is 5.56 Å². The average Bonchev–Trinajstić information content (AvgIpc) is 2.44. The quantitative estimate of drug-likeness (QED) is 0.864. The van der Waals surface area contributed by atoms with E-state index in [9.17, 15) is 4.79 Å². The van der Waals surface area contributed by atoms with Crippen molar-refractivity contribution < 1.29 is 4.74 Å². The first-order valence-corrected chi connectivity index (χ1v) is 7.20. The molecule has 0 aliphatic heterocycles. The maximum Gasteiger partial charge on any atom is 0.318 e. The fraction of sp³-hybridized carbons (Fsp3) is 0.600. The zero-order valence-corrected chi connectivity index (χ0v) is 13.3. The predicted octanol–water partition coefficient (Wildman–Crippen LogP) is 2.29. The van der Waals surface area contributed by atoms with Crippen LogP contribution >= 0.6 is 0 Å². The minimum atomic E-state index is -0.320. The predicted molar refractivity (Wildman–Crippen MR) is 81.8 cm³/mol. The summed E-state index contributed by atoms with van der Waals surface area (Å²) >= 11 is 0. The van der Waals surface area contributed by atoms with Gasteiger partial charge in [0.2, 0.25) is 0 Å². The number of hydrogen-bond donors (Lipinski definition) is 0. The summed E-state index contributed by atoms with van der Waals surface area (Å²) in [6.07, 6.45) is 3.52. The van der Waals surface area contributed by atoms with Crippen molar-refractivity contribution in [1.82, 2.24) is 19.5 Å². The van der Waals surface area contributed by atoms with Crippen LogP contribution in [0.3, 0.4) is 0 Å². The first-order chi connectivity index (χ1) is 9.88. The summed E-state index contributed by atoms with van der Waals surface area (Å²) in [4.78, 5) is 25.6. The smallest absolute Gasteiger partial charge is 0.318 e. The van der Waals surface area contributed by atoms with E-state index in [4.69, 9.17) is 4.74 Å².